The number of hydrogen-bond acceptors (Lipinski definition) is 3. The van der Waals surface area contributed by atoms with Gasteiger partial charge in [0.1, 0.15) is 5.65 Å². The monoisotopic (exact) mass is 390 g/mol. The molecule has 3 heterocycles. The number of nitrogens with two attached hydrogens (primary N) is 1. The Morgan fingerprint density at radius 3 is 2.28 bits per heavy atom. The zero-order chi connectivity index (χ0) is 20.8. The summed E-state index contributed by atoms with van der Waals surface area (Å²) in [5, 5.41) is 0. The molecule has 1 saturated heterocycles. The Bertz CT molecular complexity index is 984. The predicted molar refractivity (Wildman–Crippen MR) is 122 cm³/mol. The molecule has 0 amide bonds. The summed E-state index contributed by atoms with van der Waals surface area (Å²) in [6, 6.07) is 14.0. The fourth-order valence-electron chi connectivity index (χ4n) is 4.58. The average Bonchev–Trinajstić information content (AvgIpc) is 3.02. The van der Waals surface area contributed by atoms with Gasteiger partial charge in [-0.25, -0.2) is 4.98 Å². The van der Waals surface area contributed by atoms with Gasteiger partial charge in [0, 0.05) is 36.1 Å². The van der Waals surface area contributed by atoms with Crippen LogP contribution in [0.1, 0.15) is 65.1 Å². The zero-order valence-electron chi connectivity index (χ0n) is 18.4. The van der Waals surface area contributed by atoms with Crippen LogP contribution >= 0.6 is 0 Å². The van der Waals surface area contributed by atoms with Crippen LogP contribution in [0.25, 0.3) is 16.9 Å². The summed E-state index contributed by atoms with van der Waals surface area (Å²) in [6.07, 6.45) is 5.86. The largest absolute Gasteiger partial charge is 0.398 e. The number of rotatable bonds is 3. The third kappa shape index (κ3) is 3.91. The zero-order valence-corrected chi connectivity index (χ0v) is 18.4. The molecule has 0 radical (unpaired) electrons. The molecular formula is C25H34N4. The highest BCUT2D eigenvalue weighted by Crippen LogP contribution is 2.32. The third-order valence-corrected chi connectivity index (χ3v) is 6.47. The fourth-order valence-corrected chi connectivity index (χ4v) is 4.58. The summed E-state index contributed by atoms with van der Waals surface area (Å²) in [5.41, 5.74) is 12.8. The molecule has 1 aliphatic heterocycles. The summed E-state index contributed by atoms with van der Waals surface area (Å²) < 4.78 is 2.19. The summed E-state index contributed by atoms with van der Waals surface area (Å²) in [5.74, 6) is 0. The lowest BCUT2D eigenvalue weighted by atomic mass is 9.86. The van der Waals surface area contributed by atoms with Gasteiger partial charge in [-0.3, -0.25) is 4.90 Å². The first-order chi connectivity index (χ1) is 13.7. The molecule has 1 aliphatic rings. The van der Waals surface area contributed by atoms with E-state index in [4.69, 9.17) is 10.7 Å². The van der Waals surface area contributed by atoms with E-state index in [0.29, 0.717) is 12.1 Å². The van der Waals surface area contributed by atoms with E-state index in [1.165, 1.54) is 36.1 Å². The molecule has 2 atom stereocenters. The van der Waals surface area contributed by atoms with Gasteiger partial charge < -0.3 is 10.1 Å². The lowest BCUT2D eigenvalue weighted by molar-refractivity contribution is 0.0937. The molecule has 0 spiro atoms. The van der Waals surface area contributed by atoms with Crippen LogP contribution in [-0.4, -0.2) is 26.4 Å². The molecular weight excluding hydrogens is 356 g/mol. The molecule has 154 valence electrons. The number of imidazole rings is 1. The molecule has 3 aromatic rings. The van der Waals surface area contributed by atoms with Gasteiger partial charge in [0.05, 0.1) is 11.4 Å². The number of nitrogen functional groups attached to an aromatic ring is 1. The maximum Gasteiger partial charge on any atom is 0.137 e. The smallest absolute Gasteiger partial charge is 0.137 e. The van der Waals surface area contributed by atoms with Gasteiger partial charge in [-0.2, -0.15) is 0 Å². The number of hydrogen-bond donors (Lipinski definition) is 1. The number of nitrogens with zero attached hydrogens (tertiary/aromatic N) is 3. The van der Waals surface area contributed by atoms with E-state index >= 15 is 0 Å². The van der Waals surface area contributed by atoms with Gasteiger partial charge in [-0.05, 0) is 49.8 Å². The van der Waals surface area contributed by atoms with E-state index in [9.17, 15) is 0 Å². The van der Waals surface area contributed by atoms with E-state index in [1.54, 1.807) is 0 Å². The third-order valence-electron chi connectivity index (χ3n) is 6.47. The molecule has 0 bridgehead atoms. The molecule has 1 fully saturated rings. The highest BCUT2D eigenvalue weighted by Gasteiger charge is 2.27. The number of piperidine rings is 1. The average molecular weight is 391 g/mol. The van der Waals surface area contributed by atoms with Gasteiger partial charge in [0.25, 0.3) is 0 Å². The van der Waals surface area contributed by atoms with E-state index in [2.05, 4.69) is 68.2 Å². The summed E-state index contributed by atoms with van der Waals surface area (Å²) >= 11 is 0. The highest BCUT2D eigenvalue weighted by molar-refractivity contribution is 5.68. The Morgan fingerprint density at radius 1 is 1.00 bits per heavy atom. The number of fused-ring (bicyclic) bond motifs is 1. The minimum Gasteiger partial charge on any atom is -0.398 e. The van der Waals surface area contributed by atoms with Crippen molar-refractivity contribution >= 4 is 11.3 Å². The standard InChI is InChI=1S/C25H34N4/c1-17-7-6-8-18(2)28(17)16-22-24(27-23-14-13-21(26)15-29(22)23)19-9-11-20(12-10-19)25(3,4)5/h9-15,17-18H,6-8,16,26H2,1-5H3. The predicted octanol–water partition coefficient (Wildman–Crippen LogP) is 5.64. The fraction of sp³-hybridized carbons (Fsp3) is 0.480. The van der Waals surface area contributed by atoms with Gasteiger partial charge in [0.15, 0.2) is 0 Å². The molecule has 4 rings (SSSR count). The number of pyridine rings is 1. The van der Waals surface area contributed by atoms with Crippen molar-refractivity contribution in [1.82, 2.24) is 14.3 Å². The van der Waals surface area contributed by atoms with Crippen molar-refractivity contribution in [1.29, 1.82) is 0 Å². The summed E-state index contributed by atoms with van der Waals surface area (Å²) in [7, 11) is 0. The van der Waals surface area contributed by atoms with Gasteiger partial charge >= 0.3 is 0 Å². The molecule has 29 heavy (non-hydrogen) atoms. The van der Waals surface area contributed by atoms with E-state index in [-0.39, 0.29) is 5.41 Å². The Morgan fingerprint density at radius 2 is 1.66 bits per heavy atom. The SMILES string of the molecule is CC1CCCC(C)N1Cc1c(-c2ccc(C(C)(C)C)cc2)nc2ccc(N)cn12. The van der Waals surface area contributed by atoms with Crippen LogP contribution < -0.4 is 5.73 Å². The Labute approximate surface area is 174 Å². The quantitative estimate of drug-likeness (QED) is 0.629. The Kier molecular flexibility index (Phi) is 5.16. The maximum atomic E-state index is 6.13. The lowest BCUT2D eigenvalue weighted by Gasteiger charge is -2.39. The van der Waals surface area contributed by atoms with E-state index in [1.807, 2.05) is 18.3 Å². The molecule has 0 aliphatic carbocycles. The highest BCUT2D eigenvalue weighted by atomic mass is 15.2. The van der Waals surface area contributed by atoms with Crippen LogP contribution in [0.3, 0.4) is 0 Å². The Balaban J connectivity index is 1.80. The van der Waals surface area contributed by atoms with Crippen molar-refractivity contribution in [2.45, 2.75) is 77.9 Å². The molecule has 4 nitrogen and oxygen atoms in total. The molecule has 2 N–H and O–H groups in total. The molecule has 2 unspecified atom stereocenters. The molecule has 2 aromatic heterocycles. The van der Waals surface area contributed by atoms with Crippen LogP contribution in [0, 0.1) is 0 Å². The number of likely N-dealkylation sites (tertiary alicyclic amines) is 1. The Hall–Kier alpha value is -2.33. The van der Waals surface area contributed by atoms with Crippen LogP contribution in [0.15, 0.2) is 42.6 Å². The molecule has 1 aromatic carbocycles. The minimum atomic E-state index is 0.146. The van der Waals surface area contributed by atoms with E-state index in [0.717, 1.165) is 23.6 Å². The van der Waals surface area contributed by atoms with Gasteiger partial charge in [-0.15, -0.1) is 0 Å². The topological polar surface area (TPSA) is 46.6 Å². The van der Waals surface area contributed by atoms with E-state index < -0.39 is 0 Å². The van der Waals surface area contributed by atoms with Crippen LogP contribution in [-0.2, 0) is 12.0 Å². The van der Waals surface area contributed by atoms with Crippen molar-refractivity contribution < 1.29 is 0 Å². The second kappa shape index (κ2) is 7.49. The van der Waals surface area contributed by atoms with Crippen molar-refractivity contribution in [3.63, 3.8) is 0 Å². The van der Waals surface area contributed by atoms with Crippen LogP contribution in [0.2, 0.25) is 0 Å². The second-order valence-corrected chi connectivity index (χ2v) is 9.73. The first-order valence-corrected chi connectivity index (χ1v) is 10.9. The molecule has 0 saturated carbocycles. The summed E-state index contributed by atoms with van der Waals surface area (Å²) in [6.45, 7) is 12.3. The number of anilines is 1. The maximum absolute atomic E-state index is 6.13. The van der Waals surface area contributed by atoms with Crippen molar-refractivity contribution in [3.8, 4) is 11.3 Å². The first kappa shape index (κ1) is 20.0. The molecule has 4 heteroatoms. The van der Waals surface area contributed by atoms with Crippen LogP contribution in [0.4, 0.5) is 5.69 Å². The minimum absolute atomic E-state index is 0.146. The van der Waals surface area contributed by atoms with Crippen molar-refractivity contribution in [3.05, 3.63) is 53.9 Å². The summed E-state index contributed by atoms with van der Waals surface area (Å²) in [4.78, 5) is 7.64. The number of aromatic nitrogens is 2. The lowest BCUT2D eigenvalue weighted by Crippen LogP contribution is -2.43. The number of benzene rings is 1. The van der Waals surface area contributed by atoms with Crippen molar-refractivity contribution in [2.24, 2.45) is 0 Å². The van der Waals surface area contributed by atoms with Crippen LogP contribution in [0.5, 0.6) is 0 Å². The van der Waals surface area contributed by atoms with Gasteiger partial charge in [0.2, 0.25) is 0 Å². The van der Waals surface area contributed by atoms with Gasteiger partial charge in [-0.1, -0.05) is 51.5 Å². The first-order valence-electron chi connectivity index (χ1n) is 10.9. The van der Waals surface area contributed by atoms with Crippen molar-refractivity contribution in [2.75, 3.05) is 5.73 Å². The second-order valence-electron chi connectivity index (χ2n) is 9.73. The normalized spacial score (nSPS) is 21.0.